The summed E-state index contributed by atoms with van der Waals surface area (Å²) >= 11 is 0. The molecule has 2 aromatic carbocycles. The van der Waals surface area contributed by atoms with Crippen LogP contribution in [0.1, 0.15) is 42.7 Å². The van der Waals surface area contributed by atoms with E-state index in [4.69, 9.17) is 0 Å². The lowest BCUT2D eigenvalue weighted by atomic mass is 9.74. The van der Waals surface area contributed by atoms with Gasteiger partial charge in [0.25, 0.3) is 0 Å². The van der Waals surface area contributed by atoms with Gasteiger partial charge in [0, 0.05) is 48.3 Å². The summed E-state index contributed by atoms with van der Waals surface area (Å²) in [4.78, 5) is 17.2. The smallest absolute Gasteiger partial charge is 0.321 e. The largest absolute Gasteiger partial charge is 0.395 e. The van der Waals surface area contributed by atoms with Crippen molar-refractivity contribution < 1.29 is 14.3 Å². The van der Waals surface area contributed by atoms with Crippen LogP contribution < -0.4 is 5.32 Å². The maximum Gasteiger partial charge on any atom is 0.321 e. The van der Waals surface area contributed by atoms with Gasteiger partial charge in [-0.1, -0.05) is 24.0 Å². The fourth-order valence-electron chi connectivity index (χ4n) is 5.06. The molecular formula is C27H30FN3O2. The average Bonchev–Trinajstić information content (AvgIpc) is 3.63. The molecule has 0 aromatic heterocycles. The Balaban J connectivity index is 1.31. The summed E-state index contributed by atoms with van der Waals surface area (Å²) in [5.74, 6) is 6.98. The first-order valence-corrected chi connectivity index (χ1v) is 11.9. The summed E-state index contributed by atoms with van der Waals surface area (Å²) in [6, 6.07) is 14.3. The number of rotatable bonds is 3. The zero-order chi connectivity index (χ0) is 22.8. The first-order valence-electron chi connectivity index (χ1n) is 11.9. The SMILES string of the molecule is O=C(Nc1ccc(F)cc1)N1CCCCN2[C@H](C1)[C@@H](c1ccc(C#CC3CC3)cc1)[C@@H]2CO. The van der Waals surface area contributed by atoms with E-state index in [1.807, 2.05) is 4.90 Å². The van der Waals surface area contributed by atoms with Crippen molar-refractivity contribution >= 4 is 11.7 Å². The number of carbonyl (C=O) groups excluding carboxylic acids is 1. The second-order valence-electron chi connectivity index (χ2n) is 9.34. The van der Waals surface area contributed by atoms with Crippen molar-refractivity contribution in [3.8, 4) is 11.8 Å². The number of aliphatic hydroxyl groups is 1. The Morgan fingerprint density at radius 3 is 2.48 bits per heavy atom. The van der Waals surface area contributed by atoms with Gasteiger partial charge in [-0.25, -0.2) is 9.18 Å². The highest BCUT2D eigenvalue weighted by Crippen LogP contribution is 2.42. The number of hydrogen-bond donors (Lipinski definition) is 2. The molecule has 1 saturated carbocycles. The molecule has 5 nitrogen and oxygen atoms in total. The predicted octanol–water partition coefficient (Wildman–Crippen LogP) is 4.04. The van der Waals surface area contributed by atoms with Gasteiger partial charge in [0.05, 0.1) is 6.61 Å². The Bertz CT molecular complexity index is 1040. The first-order chi connectivity index (χ1) is 16.1. The molecule has 33 heavy (non-hydrogen) atoms. The van der Waals surface area contributed by atoms with Gasteiger partial charge in [0.15, 0.2) is 0 Å². The van der Waals surface area contributed by atoms with Gasteiger partial charge in [-0.15, -0.1) is 0 Å². The minimum atomic E-state index is -0.327. The van der Waals surface area contributed by atoms with Gasteiger partial charge in [-0.2, -0.15) is 0 Å². The summed E-state index contributed by atoms with van der Waals surface area (Å²) < 4.78 is 13.2. The lowest BCUT2D eigenvalue weighted by Gasteiger charge is -2.57. The van der Waals surface area contributed by atoms with Crippen LogP contribution in [-0.4, -0.2) is 59.3 Å². The molecule has 1 aliphatic carbocycles. The van der Waals surface area contributed by atoms with Crippen LogP contribution in [0.5, 0.6) is 0 Å². The van der Waals surface area contributed by atoms with E-state index in [0.29, 0.717) is 24.7 Å². The molecule has 0 bridgehead atoms. The quantitative estimate of drug-likeness (QED) is 0.699. The second-order valence-corrected chi connectivity index (χ2v) is 9.34. The third-order valence-corrected chi connectivity index (χ3v) is 7.05. The van der Waals surface area contributed by atoms with Crippen molar-refractivity contribution in [1.82, 2.24) is 9.80 Å². The Morgan fingerprint density at radius 2 is 1.79 bits per heavy atom. The number of nitrogens with zero attached hydrogens (tertiary/aromatic N) is 2. The monoisotopic (exact) mass is 447 g/mol. The third-order valence-electron chi connectivity index (χ3n) is 7.05. The molecule has 172 valence electrons. The highest BCUT2D eigenvalue weighted by atomic mass is 19.1. The third kappa shape index (κ3) is 4.90. The van der Waals surface area contributed by atoms with Gasteiger partial charge in [-0.05, 0) is 74.2 Å². The highest BCUT2D eigenvalue weighted by Gasteiger charge is 2.49. The van der Waals surface area contributed by atoms with Gasteiger partial charge >= 0.3 is 6.03 Å². The first kappa shape index (κ1) is 21.9. The van der Waals surface area contributed by atoms with Crippen LogP contribution in [0.4, 0.5) is 14.9 Å². The molecule has 2 heterocycles. The number of fused-ring (bicyclic) bond motifs is 1. The Kier molecular flexibility index (Phi) is 6.34. The van der Waals surface area contributed by atoms with Crippen LogP contribution in [0.25, 0.3) is 0 Å². The summed E-state index contributed by atoms with van der Waals surface area (Å²) in [7, 11) is 0. The standard InChI is InChI=1S/C27H30FN3O2/c28-22-11-13-23(14-12-22)29-27(33)30-15-1-2-16-31-24(17-30)26(25(31)18-32)21-9-7-20(8-10-21)6-5-19-3-4-19/h7-14,19,24-26,32H,1-4,15-18H2,(H,29,33)/t24-,25+,26-/m1/s1. The average molecular weight is 448 g/mol. The molecule has 6 heteroatoms. The van der Waals surface area contributed by atoms with Gasteiger partial charge < -0.3 is 15.3 Å². The number of nitrogens with one attached hydrogen (secondary N) is 1. The predicted molar refractivity (Wildman–Crippen MR) is 126 cm³/mol. The van der Waals surface area contributed by atoms with Crippen LogP contribution in [-0.2, 0) is 0 Å². The summed E-state index contributed by atoms with van der Waals surface area (Å²) in [5, 5.41) is 13.0. The molecule has 0 radical (unpaired) electrons. The van der Waals surface area contributed by atoms with Crippen molar-refractivity contribution in [2.24, 2.45) is 5.92 Å². The lowest BCUT2D eigenvalue weighted by molar-refractivity contribution is -0.0585. The Morgan fingerprint density at radius 1 is 1.06 bits per heavy atom. The lowest BCUT2D eigenvalue weighted by Crippen LogP contribution is -2.68. The molecule has 2 aliphatic heterocycles. The van der Waals surface area contributed by atoms with E-state index < -0.39 is 0 Å². The van der Waals surface area contributed by atoms with Gasteiger partial charge in [-0.3, -0.25) is 4.90 Å². The van der Waals surface area contributed by atoms with Crippen molar-refractivity contribution in [2.45, 2.75) is 43.7 Å². The molecule has 0 spiro atoms. The minimum Gasteiger partial charge on any atom is -0.395 e. The van der Waals surface area contributed by atoms with Crippen molar-refractivity contribution in [3.05, 3.63) is 65.5 Å². The van der Waals surface area contributed by atoms with Crippen molar-refractivity contribution in [1.29, 1.82) is 0 Å². The van der Waals surface area contributed by atoms with Crippen LogP contribution in [0.2, 0.25) is 0 Å². The molecule has 2 aromatic rings. The molecule has 3 fully saturated rings. The molecule has 5 rings (SSSR count). The Labute approximate surface area is 194 Å². The molecule has 3 aliphatic rings. The molecule has 2 amide bonds. The van der Waals surface area contributed by atoms with E-state index in [1.165, 1.54) is 30.5 Å². The molecular weight excluding hydrogens is 417 g/mol. The number of anilines is 1. The van der Waals surface area contributed by atoms with Gasteiger partial charge in [0.1, 0.15) is 5.82 Å². The van der Waals surface area contributed by atoms with Crippen LogP contribution >= 0.6 is 0 Å². The molecule has 0 unspecified atom stereocenters. The molecule has 2 saturated heterocycles. The maximum atomic E-state index is 13.2. The fourth-order valence-corrected chi connectivity index (χ4v) is 5.06. The topological polar surface area (TPSA) is 55.8 Å². The summed E-state index contributed by atoms with van der Waals surface area (Å²) in [6.45, 7) is 2.32. The van der Waals surface area contributed by atoms with E-state index in [2.05, 4.69) is 46.3 Å². The normalized spacial score (nSPS) is 25.0. The number of hydrogen-bond acceptors (Lipinski definition) is 3. The highest BCUT2D eigenvalue weighted by molar-refractivity contribution is 5.89. The summed E-state index contributed by atoms with van der Waals surface area (Å²) in [5.41, 5.74) is 2.80. The van der Waals surface area contributed by atoms with Crippen LogP contribution in [0.3, 0.4) is 0 Å². The number of amides is 2. The van der Waals surface area contributed by atoms with E-state index in [9.17, 15) is 14.3 Å². The van der Waals surface area contributed by atoms with E-state index in [1.54, 1.807) is 12.1 Å². The minimum absolute atomic E-state index is 0.0681. The van der Waals surface area contributed by atoms with Crippen LogP contribution in [0, 0.1) is 23.6 Å². The van der Waals surface area contributed by atoms with E-state index >= 15 is 0 Å². The maximum absolute atomic E-state index is 13.2. The van der Waals surface area contributed by atoms with Crippen LogP contribution in [0.15, 0.2) is 48.5 Å². The zero-order valence-electron chi connectivity index (χ0n) is 18.7. The van der Waals surface area contributed by atoms with E-state index in [-0.39, 0.29) is 36.5 Å². The van der Waals surface area contributed by atoms with Gasteiger partial charge in [0.2, 0.25) is 0 Å². The number of halogens is 1. The number of carbonyl (C=O) groups is 1. The second kappa shape index (κ2) is 9.54. The number of aliphatic hydroxyl groups excluding tert-OH is 1. The summed E-state index contributed by atoms with van der Waals surface area (Å²) in [6.07, 6.45) is 4.33. The molecule has 2 N–H and O–H groups in total. The number of urea groups is 1. The van der Waals surface area contributed by atoms with Crippen molar-refractivity contribution in [3.63, 3.8) is 0 Å². The fraction of sp³-hybridized carbons (Fsp3) is 0.444. The number of benzene rings is 2. The zero-order valence-corrected chi connectivity index (χ0v) is 18.7. The molecule has 3 atom stereocenters. The van der Waals surface area contributed by atoms with Crippen molar-refractivity contribution in [2.75, 3.05) is 31.6 Å². The van der Waals surface area contributed by atoms with E-state index in [0.717, 1.165) is 24.9 Å². The Hall–Kier alpha value is -2.88.